The molecule has 29 heavy (non-hydrogen) atoms. The number of hydrogen-bond acceptors (Lipinski definition) is 7. The number of amides is 3. The summed E-state index contributed by atoms with van der Waals surface area (Å²) < 4.78 is 0.649. The summed E-state index contributed by atoms with van der Waals surface area (Å²) in [5.74, 6) is -1.75. The number of benzene rings is 2. The Morgan fingerprint density at radius 2 is 2.00 bits per heavy atom. The number of carbonyl (C=O) groups is 3. The van der Waals surface area contributed by atoms with Crippen LogP contribution < -0.4 is 5.32 Å². The Morgan fingerprint density at radius 1 is 1.28 bits per heavy atom. The highest BCUT2D eigenvalue weighted by molar-refractivity contribution is 9.10. The summed E-state index contributed by atoms with van der Waals surface area (Å²) in [5.41, 5.74) is 0.236. The molecule has 3 amide bonds. The molecule has 1 aliphatic rings. The van der Waals surface area contributed by atoms with Crippen molar-refractivity contribution >= 4 is 62.2 Å². The normalized spacial score (nSPS) is 15.1. The van der Waals surface area contributed by atoms with Crippen LogP contribution in [0.5, 0.6) is 5.75 Å². The van der Waals surface area contributed by atoms with Crippen LogP contribution in [0.15, 0.2) is 51.8 Å². The summed E-state index contributed by atoms with van der Waals surface area (Å²) in [7, 11) is 0. The highest BCUT2D eigenvalue weighted by Crippen LogP contribution is 2.34. The fourth-order valence-corrected chi connectivity index (χ4v) is 3.68. The third kappa shape index (κ3) is 4.63. The number of rotatable bonds is 5. The van der Waals surface area contributed by atoms with Gasteiger partial charge in [0.1, 0.15) is 6.54 Å². The molecule has 0 bridgehead atoms. The van der Waals surface area contributed by atoms with Crippen LogP contribution in [0.2, 0.25) is 0 Å². The summed E-state index contributed by atoms with van der Waals surface area (Å²) in [6, 6.07) is 10.5. The highest BCUT2D eigenvalue weighted by atomic mass is 79.9. The quantitative estimate of drug-likeness (QED) is 0.381. The number of phenolic OH excluding ortho intramolecular Hbond substituents is 1. The predicted octanol–water partition coefficient (Wildman–Crippen LogP) is 3.74. The Kier molecular flexibility index (Phi) is 5.99. The van der Waals surface area contributed by atoms with Crippen molar-refractivity contribution in [2.24, 2.45) is 0 Å². The van der Waals surface area contributed by atoms with Crippen LogP contribution in [-0.4, -0.2) is 38.5 Å². The summed E-state index contributed by atoms with van der Waals surface area (Å²) in [5, 5.41) is 22.4. The second kappa shape index (κ2) is 8.45. The minimum Gasteiger partial charge on any atom is -0.502 e. The fraction of sp³-hybridized carbons (Fsp3) is 0.0556. The average molecular weight is 478 g/mol. The Bertz CT molecular complexity index is 1070. The number of thioether (sulfide) groups is 1. The zero-order valence-electron chi connectivity index (χ0n) is 14.5. The fourth-order valence-electron chi connectivity index (χ4n) is 2.46. The number of nitrogens with zero attached hydrogens (tertiary/aromatic N) is 2. The van der Waals surface area contributed by atoms with Crippen molar-refractivity contribution in [3.63, 3.8) is 0 Å². The molecule has 0 saturated carbocycles. The first-order valence-electron chi connectivity index (χ1n) is 8.03. The molecule has 1 heterocycles. The van der Waals surface area contributed by atoms with Crippen LogP contribution in [0.4, 0.5) is 16.2 Å². The Labute approximate surface area is 176 Å². The van der Waals surface area contributed by atoms with Gasteiger partial charge in [0.15, 0.2) is 5.75 Å². The maximum absolute atomic E-state index is 12.5. The average Bonchev–Trinajstić information content (AvgIpc) is 2.92. The van der Waals surface area contributed by atoms with Crippen molar-refractivity contribution in [2.75, 3.05) is 11.9 Å². The second-order valence-electron chi connectivity index (χ2n) is 5.80. The third-order valence-corrected chi connectivity index (χ3v) is 5.42. The topological polar surface area (TPSA) is 130 Å². The van der Waals surface area contributed by atoms with Gasteiger partial charge in [-0.3, -0.25) is 29.4 Å². The van der Waals surface area contributed by atoms with E-state index in [1.165, 1.54) is 12.1 Å². The van der Waals surface area contributed by atoms with Gasteiger partial charge >= 0.3 is 5.69 Å². The number of phenols is 1. The summed E-state index contributed by atoms with van der Waals surface area (Å²) >= 11 is 3.91. The lowest BCUT2D eigenvalue weighted by molar-refractivity contribution is -0.385. The molecule has 2 N–H and O–H groups in total. The van der Waals surface area contributed by atoms with Gasteiger partial charge < -0.3 is 10.4 Å². The number of aromatic hydroxyl groups is 1. The number of nitro groups is 1. The van der Waals surface area contributed by atoms with Gasteiger partial charge in [-0.2, -0.15) is 0 Å². The molecular formula is C18H12BrN3O6S. The van der Waals surface area contributed by atoms with Crippen molar-refractivity contribution in [1.82, 2.24) is 4.90 Å². The molecule has 11 heteroatoms. The SMILES string of the molecule is O=C(CN1C(=O)S/C(=C/c2ccc(O)c([N+](=O)[O-])c2)C1=O)Nc1ccccc1Br. The van der Waals surface area contributed by atoms with E-state index < -0.39 is 40.0 Å². The zero-order valence-corrected chi connectivity index (χ0v) is 16.9. The van der Waals surface area contributed by atoms with Crippen molar-refractivity contribution < 1.29 is 24.4 Å². The molecule has 0 atom stereocenters. The molecule has 0 unspecified atom stereocenters. The van der Waals surface area contributed by atoms with Gasteiger partial charge in [0.2, 0.25) is 5.91 Å². The highest BCUT2D eigenvalue weighted by Gasteiger charge is 2.36. The standard InChI is InChI=1S/C18H12BrN3O6S/c19-11-3-1-2-4-12(11)20-16(24)9-21-17(25)15(29-18(21)26)8-10-5-6-14(23)13(7-10)22(27)28/h1-8,23H,9H2,(H,20,24)/b15-8+. The molecule has 3 rings (SSSR count). The first-order chi connectivity index (χ1) is 13.8. The largest absolute Gasteiger partial charge is 0.502 e. The Morgan fingerprint density at radius 3 is 2.69 bits per heavy atom. The molecule has 0 aliphatic carbocycles. The van der Waals surface area contributed by atoms with E-state index in [1.807, 2.05) is 0 Å². The van der Waals surface area contributed by atoms with E-state index in [4.69, 9.17) is 0 Å². The Hall–Kier alpha value is -3.18. The van der Waals surface area contributed by atoms with E-state index >= 15 is 0 Å². The van der Waals surface area contributed by atoms with Gasteiger partial charge in [-0.25, -0.2) is 0 Å². The number of hydrogen-bond donors (Lipinski definition) is 2. The molecule has 2 aromatic carbocycles. The van der Waals surface area contributed by atoms with Gasteiger partial charge in [0.25, 0.3) is 11.1 Å². The summed E-state index contributed by atoms with van der Waals surface area (Å²) in [4.78, 5) is 47.9. The summed E-state index contributed by atoms with van der Waals surface area (Å²) in [6.45, 7) is -0.473. The monoisotopic (exact) mass is 477 g/mol. The van der Waals surface area contributed by atoms with E-state index in [0.717, 1.165) is 17.0 Å². The van der Waals surface area contributed by atoms with E-state index in [-0.39, 0.29) is 10.5 Å². The molecule has 9 nitrogen and oxygen atoms in total. The van der Waals surface area contributed by atoms with Crippen LogP contribution in [0.25, 0.3) is 6.08 Å². The van der Waals surface area contributed by atoms with Crippen LogP contribution in [0.3, 0.4) is 0 Å². The van der Waals surface area contributed by atoms with E-state index in [2.05, 4.69) is 21.2 Å². The van der Waals surface area contributed by atoms with E-state index in [9.17, 15) is 29.6 Å². The lowest BCUT2D eigenvalue weighted by Gasteiger charge is -2.13. The first-order valence-corrected chi connectivity index (χ1v) is 9.64. The van der Waals surface area contributed by atoms with Crippen LogP contribution in [-0.2, 0) is 9.59 Å². The molecule has 0 radical (unpaired) electrons. The van der Waals surface area contributed by atoms with Gasteiger partial charge in [0.05, 0.1) is 15.5 Å². The molecule has 1 saturated heterocycles. The molecule has 0 aromatic heterocycles. The van der Waals surface area contributed by atoms with Crippen LogP contribution >= 0.6 is 27.7 Å². The minimum atomic E-state index is -0.759. The smallest absolute Gasteiger partial charge is 0.311 e. The molecule has 148 valence electrons. The van der Waals surface area contributed by atoms with Crippen LogP contribution in [0.1, 0.15) is 5.56 Å². The maximum Gasteiger partial charge on any atom is 0.311 e. The first kappa shape index (κ1) is 20.6. The van der Waals surface area contributed by atoms with Gasteiger partial charge in [-0.1, -0.05) is 18.2 Å². The molecule has 1 fully saturated rings. The number of imide groups is 1. The molecule has 2 aromatic rings. The maximum atomic E-state index is 12.5. The second-order valence-corrected chi connectivity index (χ2v) is 7.65. The van der Waals surface area contributed by atoms with Crippen molar-refractivity contribution in [1.29, 1.82) is 0 Å². The number of carbonyl (C=O) groups excluding carboxylic acids is 3. The molecule has 1 aliphatic heterocycles. The van der Waals surface area contributed by atoms with E-state index in [0.29, 0.717) is 21.9 Å². The van der Waals surface area contributed by atoms with Crippen molar-refractivity contribution in [3.05, 3.63) is 67.5 Å². The number of para-hydroxylation sites is 1. The lowest BCUT2D eigenvalue weighted by Crippen LogP contribution is -2.36. The van der Waals surface area contributed by atoms with E-state index in [1.54, 1.807) is 24.3 Å². The molecule has 0 spiro atoms. The van der Waals surface area contributed by atoms with Crippen molar-refractivity contribution in [3.8, 4) is 5.75 Å². The van der Waals surface area contributed by atoms with Gasteiger partial charge in [-0.05, 0) is 57.5 Å². The van der Waals surface area contributed by atoms with Gasteiger partial charge in [-0.15, -0.1) is 0 Å². The third-order valence-electron chi connectivity index (χ3n) is 3.82. The predicted molar refractivity (Wildman–Crippen MR) is 110 cm³/mol. The zero-order chi connectivity index (χ0) is 21.1. The number of halogens is 1. The van der Waals surface area contributed by atoms with Crippen molar-refractivity contribution in [2.45, 2.75) is 0 Å². The summed E-state index contributed by atoms with van der Waals surface area (Å²) in [6.07, 6.45) is 1.29. The lowest BCUT2D eigenvalue weighted by atomic mass is 10.1. The van der Waals surface area contributed by atoms with Gasteiger partial charge in [0, 0.05) is 10.5 Å². The minimum absolute atomic E-state index is 0.0173. The number of nitrogens with one attached hydrogen (secondary N) is 1. The van der Waals surface area contributed by atoms with Crippen LogP contribution in [0, 0.1) is 10.1 Å². The number of nitro benzene ring substituents is 1. The number of anilines is 1. The molecular weight excluding hydrogens is 466 g/mol. The Balaban J connectivity index is 1.75.